The normalized spacial score (nSPS) is 11.1. The van der Waals surface area contributed by atoms with Crippen LogP contribution in [0.15, 0.2) is 0 Å². The number of aromatic nitrogens is 4. The third kappa shape index (κ3) is 4.18. The van der Waals surface area contributed by atoms with Gasteiger partial charge in [-0.15, -0.1) is 10.2 Å². The van der Waals surface area contributed by atoms with E-state index in [9.17, 15) is 13.2 Å². The maximum absolute atomic E-state index is 11.2. The second kappa shape index (κ2) is 5.37. The molecule has 16 heavy (non-hydrogen) atoms. The van der Waals surface area contributed by atoms with E-state index in [1.165, 1.54) is 0 Å². The summed E-state index contributed by atoms with van der Waals surface area (Å²) in [5.74, 6) is 0.147. The molecule has 11 heteroatoms. The van der Waals surface area contributed by atoms with Crippen molar-refractivity contribution in [3.05, 3.63) is 5.82 Å². The van der Waals surface area contributed by atoms with Crippen LogP contribution in [0, 0.1) is 0 Å². The van der Waals surface area contributed by atoms with E-state index in [1.54, 1.807) is 11.6 Å². The van der Waals surface area contributed by atoms with E-state index in [0.717, 1.165) is 0 Å². The summed E-state index contributed by atoms with van der Waals surface area (Å²) in [5, 5.41) is 12.4. The number of hydrogen-bond donors (Lipinski definition) is 3. The minimum absolute atomic E-state index is 0.0756. The van der Waals surface area contributed by atoms with Gasteiger partial charge in [0, 0.05) is 0 Å². The van der Waals surface area contributed by atoms with Crippen LogP contribution in [-0.4, -0.2) is 41.7 Å². The Morgan fingerprint density at radius 2 is 2.31 bits per heavy atom. The Hall–Kier alpha value is -1.75. The maximum atomic E-state index is 11.2. The lowest BCUT2D eigenvalue weighted by atomic mass is 10.7. The fraction of sp³-hybridized carbons (Fsp3) is 0.600. The molecule has 90 valence electrons. The van der Waals surface area contributed by atoms with Crippen molar-refractivity contribution < 1.29 is 17.9 Å². The Morgan fingerprint density at radius 3 is 2.88 bits per heavy atom. The van der Waals surface area contributed by atoms with Crippen molar-refractivity contribution in [2.75, 3.05) is 6.61 Å². The van der Waals surface area contributed by atoms with Crippen LogP contribution in [0.4, 0.5) is 4.79 Å². The van der Waals surface area contributed by atoms with Gasteiger partial charge in [0.25, 0.3) is 0 Å². The Labute approximate surface area is 90.9 Å². The molecule has 0 aliphatic rings. The van der Waals surface area contributed by atoms with Gasteiger partial charge in [-0.1, -0.05) is 5.21 Å². The SMILES string of the molecule is CCOC(=O)NS(=O)(=O)NCc1nn[nH]n1. The van der Waals surface area contributed by atoms with Crippen LogP contribution < -0.4 is 9.44 Å². The summed E-state index contributed by atoms with van der Waals surface area (Å²) in [6.07, 6.45) is -1.05. The van der Waals surface area contributed by atoms with Gasteiger partial charge >= 0.3 is 16.3 Å². The summed E-state index contributed by atoms with van der Waals surface area (Å²) in [5.41, 5.74) is 0. The number of tetrazole rings is 1. The second-order valence-electron chi connectivity index (χ2n) is 2.48. The molecule has 0 atom stereocenters. The van der Waals surface area contributed by atoms with E-state index in [0.29, 0.717) is 0 Å². The second-order valence-corrected chi connectivity index (χ2v) is 3.97. The van der Waals surface area contributed by atoms with Crippen LogP contribution in [-0.2, 0) is 21.5 Å². The summed E-state index contributed by atoms with van der Waals surface area (Å²) in [7, 11) is -3.98. The van der Waals surface area contributed by atoms with Crippen molar-refractivity contribution >= 4 is 16.3 Å². The maximum Gasteiger partial charge on any atom is 0.421 e. The van der Waals surface area contributed by atoms with E-state index in [2.05, 4.69) is 25.4 Å². The molecule has 0 saturated carbocycles. The smallest absolute Gasteiger partial charge is 0.421 e. The standard InChI is InChI=1S/C5H10N6O4S/c1-2-15-5(12)9-16(13,14)6-3-4-7-10-11-8-4/h6H,2-3H2,1H3,(H,9,12)(H,7,8,10,11). The highest BCUT2D eigenvalue weighted by atomic mass is 32.2. The van der Waals surface area contributed by atoms with Gasteiger partial charge in [0.1, 0.15) is 0 Å². The highest BCUT2D eigenvalue weighted by molar-refractivity contribution is 7.88. The van der Waals surface area contributed by atoms with Crippen molar-refractivity contribution in [2.45, 2.75) is 13.5 Å². The van der Waals surface area contributed by atoms with Gasteiger partial charge in [0.05, 0.1) is 13.2 Å². The average Bonchev–Trinajstić information content (AvgIpc) is 2.66. The first-order valence-corrected chi connectivity index (χ1v) is 5.68. The third-order valence-corrected chi connectivity index (χ3v) is 2.26. The predicted molar refractivity (Wildman–Crippen MR) is 50.1 cm³/mol. The first-order chi connectivity index (χ1) is 7.53. The number of nitrogens with one attached hydrogen (secondary N) is 3. The first-order valence-electron chi connectivity index (χ1n) is 4.20. The largest absolute Gasteiger partial charge is 0.449 e. The Bertz CT molecular complexity index is 428. The fourth-order valence-electron chi connectivity index (χ4n) is 0.723. The van der Waals surface area contributed by atoms with Crippen LogP contribution in [0.5, 0.6) is 0 Å². The summed E-state index contributed by atoms with van der Waals surface area (Å²) < 4.78 is 30.5. The zero-order valence-corrected chi connectivity index (χ0v) is 9.11. The van der Waals surface area contributed by atoms with Crippen molar-refractivity contribution in [2.24, 2.45) is 0 Å². The van der Waals surface area contributed by atoms with E-state index < -0.39 is 16.3 Å². The van der Waals surface area contributed by atoms with Crippen molar-refractivity contribution in [3.63, 3.8) is 0 Å². The lowest BCUT2D eigenvalue weighted by molar-refractivity contribution is 0.158. The van der Waals surface area contributed by atoms with Gasteiger partial charge in [-0.25, -0.2) is 9.52 Å². The van der Waals surface area contributed by atoms with Crippen LogP contribution in [0.1, 0.15) is 12.7 Å². The highest BCUT2D eigenvalue weighted by Gasteiger charge is 2.15. The van der Waals surface area contributed by atoms with Gasteiger partial charge in [-0.2, -0.15) is 18.4 Å². The molecule has 0 aliphatic carbocycles. The van der Waals surface area contributed by atoms with Gasteiger partial charge in [-0.3, -0.25) is 0 Å². The molecule has 1 aromatic heterocycles. The molecular formula is C5H10N6O4S. The van der Waals surface area contributed by atoms with Crippen LogP contribution in [0.3, 0.4) is 0 Å². The van der Waals surface area contributed by atoms with Crippen LogP contribution in [0.2, 0.25) is 0 Å². The molecule has 3 N–H and O–H groups in total. The molecule has 0 radical (unpaired) electrons. The fourth-order valence-corrected chi connectivity index (χ4v) is 1.39. The molecule has 1 amide bonds. The van der Waals surface area contributed by atoms with Crippen molar-refractivity contribution in [1.82, 2.24) is 30.1 Å². The molecule has 0 saturated heterocycles. The van der Waals surface area contributed by atoms with Crippen LogP contribution in [0.25, 0.3) is 0 Å². The number of carbonyl (C=O) groups excluding carboxylic acids is 1. The summed E-state index contributed by atoms with van der Waals surface area (Å²) in [6.45, 7) is 1.44. The number of nitrogens with zero attached hydrogens (tertiary/aromatic N) is 3. The van der Waals surface area contributed by atoms with Gasteiger partial charge in [0.2, 0.25) is 0 Å². The van der Waals surface area contributed by atoms with E-state index in [4.69, 9.17) is 0 Å². The Kier molecular flexibility index (Phi) is 4.13. The third-order valence-electron chi connectivity index (χ3n) is 1.30. The van der Waals surface area contributed by atoms with Crippen molar-refractivity contribution in [1.29, 1.82) is 0 Å². The minimum Gasteiger partial charge on any atom is -0.449 e. The molecule has 0 bridgehead atoms. The lowest BCUT2D eigenvalue weighted by Gasteiger charge is -2.06. The van der Waals surface area contributed by atoms with Crippen molar-refractivity contribution in [3.8, 4) is 0 Å². The van der Waals surface area contributed by atoms with Gasteiger partial charge in [0.15, 0.2) is 5.82 Å². The lowest BCUT2D eigenvalue weighted by Crippen LogP contribution is -2.40. The molecule has 0 aromatic carbocycles. The minimum atomic E-state index is -3.98. The van der Waals surface area contributed by atoms with Gasteiger partial charge in [-0.05, 0) is 6.92 Å². The van der Waals surface area contributed by atoms with E-state index in [-0.39, 0.29) is 19.0 Å². The molecule has 10 nitrogen and oxygen atoms in total. The molecule has 0 spiro atoms. The number of amides is 1. The predicted octanol–water partition coefficient (Wildman–Crippen LogP) is -1.72. The zero-order chi connectivity index (χ0) is 12.0. The molecule has 1 aromatic rings. The molecule has 0 aliphatic heterocycles. The zero-order valence-electron chi connectivity index (χ0n) is 8.30. The molecule has 1 rings (SSSR count). The number of H-pyrrole nitrogens is 1. The Morgan fingerprint density at radius 1 is 1.56 bits per heavy atom. The monoisotopic (exact) mass is 250 g/mol. The quantitative estimate of drug-likeness (QED) is 0.564. The summed E-state index contributed by atoms with van der Waals surface area (Å²) >= 11 is 0. The molecule has 1 heterocycles. The summed E-state index contributed by atoms with van der Waals surface area (Å²) in [4.78, 5) is 10.8. The number of carbonyl (C=O) groups is 1. The molecule has 0 fully saturated rings. The molecule has 0 unspecified atom stereocenters. The van der Waals surface area contributed by atoms with E-state index in [1.807, 2.05) is 4.72 Å². The number of rotatable bonds is 5. The summed E-state index contributed by atoms with van der Waals surface area (Å²) in [6, 6.07) is 0. The topological polar surface area (TPSA) is 139 Å². The molecular weight excluding hydrogens is 240 g/mol. The first kappa shape index (κ1) is 12.3. The van der Waals surface area contributed by atoms with Crippen LogP contribution >= 0.6 is 0 Å². The number of ether oxygens (including phenoxy) is 1. The number of hydrogen-bond acceptors (Lipinski definition) is 7. The number of aromatic amines is 1. The Balaban J connectivity index is 2.43. The highest BCUT2D eigenvalue weighted by Crippen LogP contribution is 1.86. The van der Waals surface area contributed by atoms with Gasteiger partial charge < -0.3 is 4.74 Å². The van der Waals surface area contributed by atoms with E-state index >= 15 is 0 Å². The average molecular weight is 250 g/mol.